The van der Waals surface area contributed by atoms with Crippen molar-refractivity contribution in [3.05, 3.63) is 72.7 Å². The first-order valence-corrected chi connectivity index (χ1v) is 12.4. The lowest BCUT2D eigenvalue weighted by Crippen LogP contribution is -2.60. The number of nitrogens with two attached hydrogens (primary N) is 2. The molecule has 1 spiro atoms. The number of piperidine rings is 1. The fraction of sp³-hybridized carbons (Fsp3) is 0.357. The van der Waals surface area contributed by atoms with Gasteiger partial charge in [0.2, 0.25) is 0 Å². The van der Waals surface area contributed by atoms with Crippen molar-refractivity contribution in [1.82, 2.24) is 19.9 Å². The molecular weight excluding hydrogens is 448 g/mol. The Morgan fingerprint density at radius 1 is 1.11 bits per heavy atom. The molecule has 4 heterocycles. The largest absolute Gasteiger partial charge is 0.397 e. The van der Waals surface area contributed by atoms with Crippen molar-refractivity contribution < 1.29 is 0 Å². The maximum Gasteiger partial charge on any atom is 0.129 e. The fourth-order valence-electron chi connectivity index (χ4n) is 4.82. The summed E-state index contributed by atoms with van der Waals surface area (Å²) in [5.41, 5.74) is 9.26. The first-order valence-electron chi connectivity index (χ1n) is 12.4. The van der Waals surface area contributed by atoms with Crippen molar-refractivity contribution >= 4 is 34.2 Å². The molecule has 0 aliphatic carbocycles. The van der Waals surface area contributed by atoms with Crippen LogP contribution in [0.5, 0.6) is 0 Å². The molecule has 2 aliphatic heterocycles. The molecule has 5 N–H and O–H groups in total. The van der Waals surface area contributed by atoms with Crippen LogP contribution in [-0.2, 0) is 0 Å². The molecule has 190 valence electrons. The number of anilines is 2. The van der Waals surface area contributed by atoms with E-state index in [4.69, 9.17) is 11.6 Å². The van der Waals surface area contributed by atoms with E-state index in [-0.39, 0.29) is 0 Å². The van der Waals surface area contributed by atoms with Gasteiger partial charge in [0.25, 0.3) is 0 Å². The van der Waals surface area contributed by atoms with Gasteiger partial charge >= 0.3 is 0 Å². The lowest BCUT2D eigenvalue weighted by molar-refractivity contribution is 0.0900. The van der Waals surface area contributed by atoms with E-state index in [0.29, 0.717) is 11.1 Å². The highest BCUT2D eigenvalue weighted by Crippen LogP contribution is 2.41. The Hall–Kier alpha value is -3.62. The molecule has 1 aromatic carbocycles. The number of rotatable bonds is 5. The Bertz CT molecular complexity index is 1220. The van der Waals surface area contributed by atoms with Gasteiger partial charge in [0.1, 0.15) is 11.6 Å². The van der Waals surface area contributed by atoms with E-state index in [9.17, 15) is 0 Å². The molecule has 2 fully saturated rings. The number of aromatic nitrogens is 2. The van der Waals surface area contributed by atoms with Crippen molar-refractivity contribution in [3.8, 4) is 0 Å². The molecule has 0 radical (unpaired) electrons. The van der Waals surface area contributed by atoms with Gasteiger partial charge in [0.05, 0.1) is 5.70 Å². The van der Waals surface area contributed by atoms with E-state index < -0.39 is 0 Å². The number of benzene rings is 1. The van der Waals surface area contributed by atoms with E-state index in [2.05, 4.69) is 44.8 Å². The van der Waals surface area contributed by atoms with Crippen LogP contribution < -0.4 is 21.8 Å². The van der Waals surface area contributed by atoms with Gasteiger partial charge in [-0.05, 0) is 73.8 Å². The minimum Gasteiger partial charge on any atom is -0.397 e. The normalized spacial score (nSPS) is 17.2. The molecule has 2 saturated heterocycles. The van der Waals surface area contributed by atoms with Gasteiger partial charge in [-0.1, -0.05) is 24.8 Å². The highest BCUT2D eigenvalue weighted by atomic mass is 15.4. The third kappa shape index (κ3) is 5.95. The van der Waals surface area contributed by atoms with Crippen molar-refractivity contribution in [3.63, 3.8) is 0 Å². The zero-order chi connectivity index (χ0) is 25.7. The van der Waals surface area contributed by atoms with Gasteiger partial charge in [-0.2, -0.15) is 0 Å². The summed E-state index contributed by atoms with van der Waals surface area (Å²) in [6.07, 6.45) is 9.95. The number of pyridine rings is 2. The third-order valence-corrected chi connectivity index (χ3v) is 7.08. The number of hydrazine groups is 1. The monoisotopic (exact) mass is 486 g/mol. The summed E-state index contributed by atoms with van der Waals surface area (Å²) in [4.78, 5) is 13.6. The second kappa shape index (κ2) is 11.0. The summed E-state index contributed by atoms with van der Waals surface area (Å²) >= 11 is 0. The standard InChI is InChI=1S/C15H21N3.C13H17N5/c1-3-13-4-7-16-14(10-13)18-11-15(12-18)5-8-17(2)9-6-15;1-16-13-6-11-5-9(12(14)8-18(2)15)3-4-10(11)7-17-13/h3-4,7,10H,1,5-6,8-9,11-12H2,2H3;3-8H,14-15H2,1-2H3,(H,16,17)/b;12-8-. The van der Waals surface area contributed by atoms with Crippen LogP contribution >= 0.6 is 0 Å². The molecule has 0 unspecified atom stereocenters. The lowest BCUT2D eigenvalue weighted by Gasteiger charge is -2.54. The lowest BCUT2D eigenvalue weighted by atomic mass is 9.72. The molecule has 0 saturated carbocycles. The smallest absolute Gasteiger partial charge is 0.129 e. The Morgan fingerprint density at radius 2 is 1.86 bits per heavy atom. The SMILES string of the molecule is C=Cc1ccnc(N2CC3(CCN(C)CC3)C2)c1.CNc1cc2cc(/C(N)=C/N(C)N)ccc2cn1. The van der Waals surface area contributed by atoms with Crippen LogP contribution in [0, 0.1) is 5.41 Å². The molecule has 8 heteroatoms. The molecule has 0 bridgehead atoms. The van der Waals surface area contributed by atoms with Crippen molar-refractivity contribution in [2.45, 2.75) is 12.8 Å². The Kier molecular flexibility index (Phi) is 7.76. The van der Waals surface area contributed by atoms with Gasteiger partial charge in [-0.15, -0.1) is 0 Å². The summed E-state index contributed by atoms with van der Waals surface area (Å²) in [6, 6.07) is 12.1. The number of hydrogen-bond donors (Lipinski definition) is 3. The predicted molar refractivity (Wildman–Crippen MR) is 151 cm³/mol. The molecule has 8 nitrogen and oxygen atoms in total. The minimum absolute atomic E-state index is 0.568. The summed E-state index contributed by atoms with van der Waals surface area (Å²) in [7, 11) is 5.80. The van der Waals surface area contributed by atoms with Gasteiger partial charge in [-0.3, -0.25) is 0 Å². The molecule has 36 heavy (non-hydrogen) atoms. The van der Waals surface area contributed by atoms with Crippen LogP contribution in [0.25, 0.3) is 22.5 Å². The predicted octanol–water partition coefficient (Wildman–Crippen LogP) is 3.60. The summed E-state index contributed by atoms with van der Waals surface area (Å²) in [5.74, 6) is 7.49. The Balaban J connectivity index is 0.000000169. The zero-order valence-electron chi connectivity index (χ0n) is 21.6. The van der Waals surface area contributed by atoms with Gasteiger partial charge in [-0.25, -0.2) is 15.8 Å². The molecule has 2 aliphatic rings. The second-order valence-electron chi connectivity index (χ2n) is 9.94. The number of nitrogens with zero attached hydrogens (tertiary/aromatic N) is 5. The van der Waals surface area contributed by atoms with E-state index in [0.717, 1.165) is 33.5 Å². The average molecular weight is 487 g/mol. The number of hydrogen-bond acceptors (Lipinski definition) is 8. The van der Waals surface area contributed by atoms with Crippen LogP contribution in [0.3, 0.4) is 0 Å². The molecule has 3 aromatic rings. The molecule has 0 atom stereocenters. The molecular formula is C28H38N8. The van der Waals surface area contributed by atoms with Gasteiger partial charge in [0, 0.05) is 56.6 Å². The topological polar surface area (TPSA) is 99.6 Å². The molecule has 5 rings (SSSR count). The number of nitrogens with one attached hydrogen (secondary N) is 1. The summed E-state index contributed by atoms with van der Waals surface area (Å²) in [6.45, 7) is 8.65. The first-order chi connectivity index (χ1) is 17.3. The minimum atomic E-state index is 0.568. The molecule has 0 amide bonds. The van der Waals surface area contributed by atoms with Crippen LogP contribution in [0.1, 0.15) is 24.0 Å². The third-order valence-electron chi connectivity index (χ3n) is 7.08. The van der Waals surface area contributed by atoms with E-state index in [1.165, 1.54) is 44.0 Å². The Labute approximate surface area is 214 Å². The van der Waals surface area contributed by atoms with Crippen LogP contribution in [0.15, 0.2) is 61.6 Å². The summed E-state index contributed by atoms with van der Waals surface area (Å²) in [5, 5.41) is 6.61. The number of fused-ring (bicyclic) bond motifs is 1. The quantitative estimate of drug-likeness (QED) is 0.372. The van der Waals surface area contributed by atoms with E-state index >= 15 is 0 Å². The van der Waals surface area contributed by atoms with Crippen molar-refractivity contribution in [2.24, 2.45) is 17.0 Å². The van der Waals surface area contributed by atoms with E-state index in [1.54, 1.807) is 13.2 Å². The molecule has 2 aromatic heterocycles. The van der Waals surface area contributed by atoms with Crippen molar-refractivity contribution in [1.29, 1.82) is 0 Å². The Morgan fingerprint density at radius 3 is 2.53 bits per heavy atom. The maximum atomic E-state index is 5.97. The summed E-state index contributed by atoms with van der Waals surface area (Å²) < 4.78 is 0. The van der Waals surface area contributed by atoms with Crippen LogP contribution in [0.2, 0.25) is 0 Å². The zero-order valence-corrected chi connectivity index (χ0v) is 21.6. The maximum absolute atomic E-state index is 5.97. The first kappa shape index (κ1) is 25.5. The van der Waals surface area contributed by atoms with Crippen LogP contribution in [0.4, 0.5) is 11.6 Å². The van der Waals surface area contributed by atoms with Gasteiger partial charge < -0.3 is 25.9 Å². The second-order valence-corrected chi connectivity index (χ2v) is 9.94. The number of likely N-dealkylation sites (tertiary alicyclic amines) is 1. The van der Waals surface area contributed by atoms with Gasteiger partial charge in [0.15, 0.2) is 0 Å². The van der Waals surface area contributed by atoms with E-state index in [1.807, 2.05) is 55.8 Å². The average Bonchev–Trinajstić information content (AvgIpc) is 2.87. The highest BCUT2D eigenvalue weighted by molar-refractivity contribution is 5.87. The highest BCUT2D eigenvalue weighted by Gasteiger charge is 2.44. The van der Waals surface area contributed by atoms with Crippen LogP contribution in [-0.4, -0.2) is 67.2 Å². The van der Waals surface area contributed by atoms with Crippen molar-refractivity contribution in [2.75, 3.05) is 57.5 Å². The fourth-order valence-corrected chi connectivity index (χ4v) is 4.82.